The van der Waals surface area contributed by atoms with Crippen molar-refractivity contribution in [2.45, 2.75) is 19.8 Å². The normalized spacial score (nSPS) is 19.6. The van der Waals surface area contributed by atoms with Gasteiger partial charge in [-0.25, -0.2) is 0 Å². The number of hydrogen-bond donors (Lipinski definition) is 1. The van der Waals surface area contributed by atoms with Crippen LogP contribution in [0.5, 0.6) is 0 Å². The van der Waals surface area contributed by atoms with E-state index < -0.39 is 0 Å². The number of nitriles is 1. The van der Waals surface area contributed by atoms with Gasteiger partial charge in [0.05, 0.1) is 11.3 Å². The fourth-order valence-electron chi connectivity index (χ4n) is 2.74. The summed E-state index contributed by atoms with van der Waals surface area (Å²) in [7, 11) is 2.01. The van der Waals surface area contributed by atoms with Gasteiger partial charge in [-0.3, -0.25) is 0 Å². The average Bonchev–Trinajstić information content (AvgIpc) is 2.39. The van der Waals surface area contributed by atoms with Crippen LogP contribution in [0.1, 0.15) is 24.0 Å². The number of nitrogens with one attached hydrogen (secondary N) is 1. The Balaban J connectivity index is 2.20. The lowest BCUT2D eigenvalue weighted by molar-refractivity contribution is 0.402. The maximum absolute atomic E-state index is 9.22. The van der Waals surface area contributed by atoms with Gasteiger partial charge in [0, 0.05) is 13.1 Å². The first-order valence-electron chi connectivity index (χ1n) is 6.65. The van der Waals surface area contributed by atoms with Gasteiger partial charge in [0.25, 0.3) is 0 Å². The van der Waals surface area contributed by atoms with Crippen LogP contribution in [0.4, 0.5) is 5.69 Å². The van der Waals surface area contributed by atoms with E-state index >= 15 is 0 Å². The maximum Gasteiger partial charge on any atom is 0.101 e. The Morgan fingerprint density at radius 3 is 3.06 bits per heavy atom. The highest BCUT2D eigenvalue weighted by Crippen LogP contribution is 2.26. The predicted octanol–water partition coefficient (Wildman–Crippen LogP) is 2.30. The van der Waals surface area contributed by atoms with Crippen LogP contribution in [0.2, 0.25) is 0 Å². The molecular formula is C15H21N3. The lowest BCUT2D eigenvalue weighted by atomic mass is 9.96. The van der Waals surface area contributed by atoms with Crippen molar-refractivity contribution >= 4 is 5.69 Å². The third-order valence-corrected chi connectivity index (χ3v) is 3.63. The van der Waals surface area contributed by atoms with E-state index in [9.17, 15) is 5.26 Å². The zero-order chi connectivity index (χ0) is 13.0. The van der Waals surface area contributed by atoms with Gasteiger partial charge in [-0.2, -0.15) is 5.26 Å². The summed E-state index contributed by atoms with van der Waals surface area (Å²) in [5, 5.41) is 12.5. The van der Waals surface area contributed by atoms with Crippen LogP contribution in [0.25, 0.3) is 0 Å². The van der Waals surface area contributed by atoms with Gasteiger partial charge in [-0.1, -0.05) is 6.07 Å². The molecule has 0 spiro atoms. The third-order valence-electron chi connectivity index (χ3n) is 3.63. The molecule has 3 nitrogen and oxygen atoms in total. The number of anilines is 1. The zero-order valence-corrected chi connectivity index (χ0v) is 11.2. The van der Waals surface area contributed by atoms with Crippen LogP contribution < -0.4 is 10.2 Å². The number of rotatable bonds is 3. The van der Waals surface area contributed by atoms with Gasteiger partial charge in [0.1, 0.15) is 6.07 Å². The quantitative estimate of drug-likeness (QED) is 0.885. The highest BCUT2D eigenvalue weighted by atomic mass is 15.1. The molecule has 1 aromatic carbocycles. The summed E-state index contributed by atoms with van der Waals surface area (Å²) in [6.45, 7) is 5.27. The molecule has 0 amide bonds. The van der Waals surface area contributed by atoms with Gasteiger partial charge in [0.2, 0.25) is 0 Å². The molecule has 0 saturated carbocycles. The Bertz CT molecular complexity index is 446. The lowest BCUT2D eigenvalue weighted by Gasteiger charge is -2.35. The maximum atomic E-state index is 9.22. The van der Waals surface area contributed by atoms with Gasteiger partial charge in [-0.15, -0.1) is 0 Å². The van der Waals surface area contributed by atoms with Crippen LogP contribution in [-0.4, -0.2) is 26.7 Å². The molecular weight excluding hydrogens is 222 g/mol. The largest absolute Gasteiger partial charge is 0.370 e. The van der Waals surface area contributed by atoms with Crippen LogP contribution in [0.15, 0.2) is 18.2 Å². The van der Waals surface area contributed by atoms with Crippen LogP contribution in [0, 0.1) is 24.2 Å². The van der Waals surface area contributed by atoms with Crippen molar-refractivity contribution in [3.8, 4) is 6.07 Å². The Morgan fingerprint density at radius 2 is 2.33 bits per heavy atom. The van der Waals surface area contributed by atoms with Crippen molar-refractivity contribution in [3.05, 3.63) is 29.3 Å². The summed E-state index contributed by atoms with van der Waals surface area (Å²) < 4.78 is 0. The summed E-state index contributed by atoms with van der Waals surface area (Å²) in [5.41, 5.74) is 3.13. The number of benzene rings is 1. The molecule has 1 saturated heterocycles. The molecule has 1 unspecified atom stereocenters. The first-order chi connectivity index (χ1) is 8.74. The van der Waals surface area contributed by atoms with Crippen molar-refractivity contribution in [2.75, 3.05) is 31.6 Å². The molecule has 1 heterocycles. The van der Waals surface area contributed by atoms with E-state index in [-0.39, 0.29) is 0 Å². The highest BCUT2D eigenvalue weighted by molar-refractivity contribution is 5.60. The molecule has 1 fully saturated rings. The van der Waals surface area contributed by atoms with Gasteiger partial charge < -0.3 is 10.2 Å². The van der Waals surface area contributed by atoms with Crippen LogP contribution in [-0.2, 0) is 0 Å². The van der Waals surface area contributed by atoms with E-state index in [1.807, 2.05) is 19.2 Å². The molecule has 2 rings (SSSR count). The second-order valence-electron chi connectivity index (χ2n) is 5.14. The molecule has 1 atom stereocenters. The van der Waals surface area contributed by atoms with E-state index in [0.29, 0.717) is 5.92 Å². The zero-order valence-electron chi connectivity index (χ0n) is 11.2. The molecule has 3 heteroatoms. The minimum Gasteiger partial charge on any atom is -0.370 e. The standard InChI is InChI=1S/C15H21N3/c1-12-5-6-14(9-16)15(8-12)18-7-3-4-13(11-18)10-17-2/h5-6,8,13,17H,3-4,7,10-11H2,1-2H3. The second kappa shape index (κ2) is 5.88. The fraction of sp³-hybridized carbons (Fsp3) is 0.533. The van der Waals surface area contributed by atoms with E-state index in [4.69, 9.17) is 0 Å². The van der Waals surface area contributed by atoms with Gasteiger partial charge >= 0.3 is 0 Å². The van der Waals surface area contributed by atoms with E-state index in [0.717, 1.165) is 30.9 Å². The summed E-state index contributed by atoms with van der Waals surface area (Å²) in [6, 6.07) is 8.40. The smallest absolute Gasteiger partial charge is 0.101 e. The Labute approximate surface area is 109 Å². The van der Waals surface area contributed by atoms with Crippen molar-refractivity contribution in [2.24, 2.45) is 5.92 Å². The third kappa shape index (κ3) is 2.83. The number of nitrogens with zero attached hydrogens (tertiary/aromatic N) is 2. The number of aryl methyl sites for hydroxylation is 1. The summed E-state index contributed by atoms with van der Waals surface area (Å²) in [4.78, 5) is 2.37. The topological polar surface area (TPSA) is 39.1 Å². The van der Waals surface area contributed by atoms with Crippen molar-refractivity contribution in [1.29, 1.82) is 5.26 Å². The second-order valence-corrected chi connectivity index (χ2v) is 5.14. The average molecular weight is 243 g/mol. The Hall–Kier alpha value is -1.53. The molecule has 1 N–H and O–H groups in total. The molecule has 1 aliphatic rings. The predicted molar refractivity (Wildman–Crippen MR) is 74.8 cm³/mol. The van der Waals surface area contributed by atoms with Gasteiger partial charge in [0.15, 0.2) is 0 Å². The minimum atomic E-state index is 0.691. The van der Waals surface area contributed by atoms with Crippen molar-refractivity contribution in [1.82, 2.24) is 5.32 Å². The van der Waals surface area contributed by atoms with Crippen molar-refractivity contribution < 1.29 is 0 Å². The van der Waals surface area contributed by atoms with Crippen LogP contribution >= 0.6 is 0 Å². The molecule has 1 aromatic rings. The summed E-state index contributed by atoms with van der Waals surface area (Å²) >= 11 is 0. The first kappa shape index (κ1) is 12.9. The summed E-state index contributed by atoms with van der Waals surface area (Å²) in [6.07, 6.45) is 2.50. The number of hydrogen-bond acceptors (Lipinski definition) is 3. The number of piperidine rings is 1. The molecule has 0 radical (unpaired) electrons. The Kier molecular flexibility index (Phi) is 4.22. The molecule has 18 heavy (non-hydrogen) atoms. The Morgan fingerprint density at radius 1 is 1.50 bits per heavy atom. The van der Waals surface area contributed by atoms with Crippen LogP contribution in [0.3, 0.4) is 0 Å². The molecule has 1 aliphatic heterocycles. The van der Waals surface area contributed by atoms with E-state index in [2.05, 4.69) is 29.3 Å². The molecule has 0 bridgehead atoms. The van der Waals surface area contributed by atoms with Crippen molar-refractivity contribution in [3.63, 3.8) is 0 Å². The molecule has 0 aliphatic carbocycles. The fourth-order valence-corrected chi connectivity index (χ4v) is 2.74. The first-order valence-corrected chi connectivity index (χ1v) is 6.65. The van der Waals surface area contributed by atoms with E-state index in [1.165, 1.54) is 18.4 Å². The minimum absolute atomic E-state index is 0.691. The van der Waals surface area contributed by atoms with E-state index in [1.54, 1.807) is 0 Å². The highest BCUT2D eigenvalue weighted by Gasteiger charge is 2.21. The monoisotopic (exact) mass is 243 g/mol. The lowest BCUT2D eigenvalue weighted by Crippen LogP contribution is -2.39. The van der Waals surface area contributed by atoms with Gasteiger partial charge in [-0.05, 0) is 57.0 Å². The molecule has 0 aromatic heterocycles. The summed E-state index contributed by atoms with van der Waals surface area (Å²) in [5.74, 6) is 0.691. The SMILES string of the molecule is CNCC1CCCN(c2cc(C)ccc2C#N)C1. The molecule has 96 valence electrons.